The topological polar surface area (TPSA) is 35.5 Å². The van der Waals surface area contributed by atoms with E-state index >= 15 is 0 Å². The summed E-state index contributed by atoms with van der Waals surface area (Å²) in [5, 5.41) is 13.1. The Morgan fingerprint density at radius 3 is 2.75 bits per heavy atom. The number of likely N-dealkylation sites (N-methyl/N-ethyl adjacent to an activating group) is 1. The number of hydrogen-bond acceptors (Lipinski definition) is 3. The van der Waals surface area contributed by atoms with Crippen LogP contribution in [0, 0.1) is 0 Å². The molecule has 1 aromatic rings. The van der Waals surface area contributed by atoms with Crippen LogP contribution in [0.1, 0.15) is 12.0 Å². The molecule has 0 aliphatic carbocycles. The standard InChI is InChI=1S/C13H20N2O/c1-14-12-7-8-15(10-13(12)16)9-11-5-3-2-4-6-11/h2-6,12-14,16H,7-10H2,1H3/t12-,13-/m0/s1. The highest BCUT2D eigenvalue weighted by atomic mass is 16.3. The van der Waals surface area contributed by atoms with Gasteiger partial charge in [-0.05, 0) is 19.0 Å². The maximum atomic E-state index is 9.91. The van der Waals surface area contributed by atoms with Gasteiger partial charge in [0.15, 0.2) is 0 Å². The maximum absolute atomic E-state index is 9.91. The summed E-state index contributed by atoms with van der Waals surface area (Å²) in [6.07, 6.45) is 0.771. The fourth-order valence-electron chi connectivity index (χ4n) is 2.32. The second-order valence-corrected chi connectivity index (χ2v) is 4.47. The first-order chi connectivity index (χ1) is 7.79. The lowest BCUT2D eigenvalue weighted by molar-refractivity contribution is 0.0397. The van der Waals surface area contributed by atoms with Crippen LogP contribution in [0.3, 0.4) is 0 Å². The molecule has 88 valence electrons. The molecule has 0 unspecified atom stereocenters. The number of rotatable bonds is 3. The van der Waals surface area contributed by atoms with Crippen LogP contribution in [0.5, 0.6) is 0 Å². The van der Waals surface area contributed by atoms with Crippen molar-refractivity contribution < 1.29 is 5.11 Å². The Labute approximate surface area is 97.1 Å². The summed E-state index contributed by atoms with van der Waals surface area (Å²) < 4.78 is 0. The SMILES string of the molecule is CN[C@H]1CCN(Cc2ccccc2)C[C@@H]1O. The highest BCUT2D eigenvalue weighted by Gasteiger charge is 2.25. The summed E-state index contributed by atoms with van der Waals surface area (Å²) in [6, 6.07) is 10.7. The minimum absolute atomic E-state index is 0.248. The molecule has 0 amide bonds. The van der Waals surface area contributed by atoms with Crippen LogP contribution >= 0.6 is 0 Å². The Morgan fingerprint density at radius 2 is 2.12 bits per heavy atom. The van der Waals surface area contributed by atoms with E-state index in [2.05, 4.69) is 34.5 Å². The van der Waals surface area contributed by atoms with Crippen molar-refractivity contribution >= 4 is 0 Å². The zero-order valence-electron chi connectivity index (χ0n) is 9.76. The molecule has 16 heavy (non-hydrogen) atoms. The molecule has 1 aromatic carbocycles. The smallest absolute Gasteiger partial charge is 0.0820 e. The van der Waals surface area contributed by atoms with Crippen molar-refractivity contribution in [2.75, 3.05) is 20.1 Å². The predicted octanol–water partition coefficient (Wildman–Crippen LogP) is 0.841. The van der Waals surface area contributed by atoms with Gasteiger partial charge in [-0.25, -0.2) is 0 Å². The van der Waals surface area contributed by atoms with E-state index in [4.69, 9.17) is 0 Å². The molecule has 0 radical (unpaired) electrons. The van der Waals surface area contributed by atoms with Gasteiger partial charge in [0.05, 0.1) is 6.10 Å². The molecule has 0 aromatic heterocycles. The van der Waals surface area contributed by atoms with E-state index in [1.54, 1.807) is 0 Å². The number of likely N-dealkylation sites (tertiary alicyclic amines) is 1. The highest BCUT2D eigenvalue weighted by Crippen LogP contribution is 2.13. The molecule has 1 fully saturated rings. The molecule has 2 rings (SSSR count). The van der Waals surface area contributed by atoms with E-state index in [0.29, 0.717) is 0 Å². The van der Waals surface area contributed by atoms with E-state index in [1.165, 1.54) is 5.56 Å². The van der Waals surface area contributed by atoms with Gasteiger partial charge in [0, 0.05) is 25.7 Å². The Kier molecular flexibility index (Phi) is 3.93. The largest absolute Gasteiger partial charge is 0.390 e. The number of hydrogen-bond donors (Lipinski definition) is 2. The van der Waals surface area contributed by atoms with Crippen LogP contribution < -0.4 is 5.32 Å². The molecule has 0 bridgehead atoms. The Bertz CT molecular complexity index is 315. The van der Waals surface area contributed by atoms with Gasteiger partial charge in [0.2, 0.25) is 0 Å². The fraction of sp³-hybridized carbons (Fsp3) is 0.538. The Morgan fingerprint density at radius 1 is 1.38 bits per heavy atom. The summed E-state index contributed by atoms with van der Waals surface area (Å²) in [7, 11) is 1.92. The lowest BCUT2D eigenvalue weighted by Gasteiger charge is -2.35. The molecule has 1 aliphatic heterocycles. The van der Waals surface area contributed by atoms with Crippen molar-refractivity contribution in [3.63, 3.8) is 0 Å². The monoisotopic (exact) mass is 220 g/mol. The number of benzene rings is 1. The third-order valence-corrected chi connectivity index (χ3v) is 3.29. The molecule has 2 N–H and O–H groups in total. The molecule has 0 spiro atoms. The predicted molar refractivity (Wildman–Crippen MR) is 65.2 cm³/mol. The molecule has 2 atom stereocenters. The molecule has 3 nitrogen and oxygen atoms in total. The van der Waals surface area contributed by atoms with Crippen molar-refractivity contribution in [1.82, 2.24) is 10.2 Å². The van der Waals surface area contributed by atoms with Crippen LogP contribution in [0.2, 0.25) is 0 Å². The van der Waals surface area contributed by atoms with Crippen LogP contribution in [0.4, 0.5) is 0 Å². The number of aliphatic hydroxyl groups is 1. The summed E-state index contributed by atoms with van der Waals surface area (Å²) in [6.45, 7) is 2.76. The average molecular weight is 220 g/mol. The minimum Gasteiger partial charge on any atom is -0.390 e. The van der Waals surface area contributed by atoms with E-state index in [1.807, 2.05) is 13.1 Å². The Balaban J connectivity index is 1.89. The van der Waals surface area contributed by atoms with Gasteiger partial charge in [0.25, 0.3) is 0 Å². The normalized spacial score (nSPS) is 26.9. The third kappa shape index (κ3) is 2.82. The lowest BCUT2D eigenvalue weighted by Crippen LogP contribution is -2.51. The van der Waals surface area contributed by atoms with Gasteiger partial charge < -0.3 is 10.4 Å². The van der Waals surface area contributed by atoms with Crippen molar-refractivity contribution in [3.05, 3.63) is 35.9 Å². The van der Waals surface area contributed by atoms with Crippen LogP contribution in [-0.4, -0.2) is 42.3 Å². The quantitative estimate of drug-likeness (QED) is 0.792. The zero-order chi connectivity index (χ0) is 11.4. The molecule has 3 heteroatoms. The van der Waals surface area contributed by atoms with Gasteiger partial charge in [-0.2, -0.15) is 0 Å². The molecular weight excluding hydrogens is 200 g/mol. The zero-order valence-corrected chi connectivity index (χ0v) is 9.76. The summed E-state index contributed by atoms with van der Waals surface area (Å²) in [5.74, 6) is 0. The van der Waals surface area contributed by atoms with Gasteiger partial charge in [0.1, 0.15) is 0 Å². The number of piperidine rings is 1. The van der Waals surface area contributed by atoms with Gasteiger partial charge in [-0.1, -0.05) is 30.3 Å². The van der Waals surface area contributed by atoms with Crippen LogP contribution in [0.25, 0.3) is 0 Å². The van der Waals surface area contributed by atoms with E-state index in [0.717, 1.165) is 26.1 Å². The first kappa shape index (κ1) is 11.6. The van der Waals surface area contributed by atoms with E-state index in [9.17, 15) is 5.11 Å². The summed E-state index contributed by atoms with van der Waals surface area (Å²) in [5.41, 5.74) is 1.32. The number of aliphatic hydroxyl groups excluding tert-OH is 1. The summed E-state index contributed by atoms with van der Waals surface area (Å²) in [4.78, 5) is 2.31. The van der Waals surface area contributed by atoms with Crippen LogP contribution in [-0.2, 0) is 6.54 Å². The van der Waals surface area contributed by atoms with Crippen molar-refractivity contribution in [2.45, 2.75) is 25.1 Å². The lowest BCUT2D eigenvalue weighted by atomic mass is 10.0. The number of nitrogens with zero attached hydrogens (tertiary/aromatic N) is 1. The van der Waals surface area contributed by atoms with Gasteiger partial charge >= 0.3 is 0 Å². The average Bonchev–Trinajstić information content (AvgIpc) is 2.31. The highest BCUT2D eigenvalue weighted by molar-refractivity contribution is 5.14. The van der Waals surface area contributed by atoms with E-state index < -0.39 is 0 Å². The molecular formula is C13H20N2O. The molecule has 1 saturated heterocycles. The second kappa shape index (κ2) is 5.43. The van der Waals surface area contributed by atoms with Crippen molar-refractivity contribution in [2.24, 2.45) is 0 Å². The third-order valence-electron chi connectivity index (χ3n) is 3.29. The van der Waals surface area contributed by atoms with Crippen LogP contribution in [0.15, 0.2) is 30.3 Å². The van der Waals surface area contributed by atoms with Crippen molar-refractivity contribution in [1.29, 1.82) is 0 Å². The maximum Gasteiger partial charge on any atom is 0.0820 e. The molecule has 0 saturated carbocycles. The first-order valence-electron chi connectivity index (χ1n) is 5.91. The van der Waals surface area contributed by atoms with Crippen molar-refractivity contribution in [3.8, 4) is 0 Å². The first-order valence-corrected chi connectivity index (χ1v) is 5.91. The Hall–Kier alpha value is -0.900. The molecule has 1 heterocycles. The van der Waals surface area contributed by atoms with Gasteiger partial charge in [-0.3, -0.25) is 4.90 Å². The molecule has 1 aliphatic rings. The number of nitrogens with one attached hydrogen (secondary N) is 1. The number of β-amino-alcohol motifs (C(OH)–C–C–N with tert-alkyl or cyclic N) is 1. The van der Waals surface area contributed by atoms with Gasteiger partial charge in [-0.15, -0.1) is 0 Å². The van der Waals surface area contributed by atoms with E-state index in [-0.39, 0.29) is 12.1 Å². The minimum atomic E-state index is -0.248. The summed E-state index contributed by atoms with van der Waals surface area (Å²) >= 11 is 0. The second-order valence-electron chi connectivity index (χ2n) is 4.47. The fourth-order valence-corrected chi connectivity index (χ4v) is 2.32.